The van der Waals surface area contributed by atoms with Crippen molar-refractivity contribution in [1.82, 2.24) is 4.90 Å². The van der Waals surface area contributed by atoms with Gasteiger partial charge >= 0.3 is 7.82 Å². The minimum atomic E-state index is -4.21. The number of ketones is 1. The fraction of sp³-hybridized carbons (Fsp3) is 0.412. The number of phosphoric ester groups is 1. The van der Waals surface area contributed by atoms with Crippen LogP contribution < -0.4 is 0 Å². The molecule has 4 atom stereocenters. The van der Waals surface area contributed by atoms with Crippen molar-refractivity contribution in [2.45, 2.75) is 37.9 Å². The quantitative estimate of drug-likeness (QED) is 0.301. The molecule has 1 aromatic rings. The number of halogens is 4. The molecule has 0 saturated carbocycles. The molecule has 0 N–H and O–H groups in total. The number of amides is 1. The van der Waals surface area contributed by atoms with Gasteiger partial charge in [0.2, 0.25) is 11.7 Å². The van der Waals surface area contributed by atoms with Crippen LogP contribution in [0.4, 0.5) is 17.6 Å². The van der Waals surface area contributed by atoms with Gasteiger partial charge in [-0.3, -0.25) is 28.1 Å². The van der Waals surface area contributed by atoms with Crippen molar-refractivity contribution in [1.29, 1.82) is 0 Å². The number of carbonyl (C=O) groups excluding carboxylic acids is 2. The van der Waals surface area contributed by atoms with Crippen molar-refractivity contribution < 1.29 is 50.0 Å². The average molecular weight is 451 g/mol. The molecule has 30 heavy (non-hydrogen) atoms. The van der Waals surface area contributed by atoms with Crippen LogP contribution in [0.3, 0.4) is 0 Å². The molecule has 2 fully saturated rings. The summed E-state index contributed by atoms with van der Waals surface area (Å²) in [4.78, 5) is 24.2. The van der Waals surface area contributed by atoms with Crippen molar-refractivity contribution in [3.8, 4) is 0 Å². The van der Waals surface area contributed by atoms with Crippen LogP contribution in [-0.2, 0) is 39.1 Å². The van der Waals surface area contributed by atoms with Gasteiger partial charge in [-0.2, -0.15) is 0 Å². The maximum atomic E-state index is 13.7. The van der Waals surface area contributed by atoms with Crippen LogP contribution in [0.2, 0.25) is 0 Å². The lowest BCUT2D eigenvalue weighted by Gasteiger charge is -2.30. The van der Waals surface area contributed by atoms with Gasteiger partial charge in [0.25, 0.3) is 0 Å². The number of Topliss-reactive ketones (excluding diaryl/α,β-unsaturated/α-hetero) is 1. The number of rotatable bonds is 4. The van der Waals surface area contributed by atoms with E-state index in [4.69, 9.17) is 18.3 Å². The number of fused-ring (bicyclic) bond motifs is 1. The van der Waals surface area contributed by atoms with E-state index in [0.717, 1.165) is 17.2 Å². The molecule has 1 aromatic carbocycles. The van der Waals surface area contributed by atoms with Gasteiger partial charge in [-0.05, 0) is 6.07 Å². The number of phosphoric acid groups is 1. The van der Waals surface area contributed by atoms with Crippen LogP contribution in [0, 0.1) is 17.5 Å². The molecular weight excluding hydrogens is 437 g/mol. The Morgan fingerprint density at radius 2 is 1.90 bits per heavy atom. The number of carbonyl (C=O) groups is 2. The van der Waals surface area contributed by atoms with Crippen LogP contribution in [0.5, 0.6) is 0 Å². The highest BCUT2D eigenvalue weighted by molar-refractivity contribution is 7.48. The summed E-state index contributed by atoms with van der Waals surface area (Å²) < 4.78 is 87.1. The molecule has 3 aliphatic heterocycles. The van der Waals surface area contributed by atoms with Gasteiger partial charge in [-0.25, -0.2) is 22.1 Å². The topological polar surface area (TPSA) is 91.4 Å². The second-order valence-corrected chi connectivity index (χ2v) is 8.36. The molecular formula is C17H14F4NO7P. The summed E-state index contributed by atoms with van der Waals surface area (Å²) in [7, 11) is -4.21. The molecule has 3 heterocycles. The Morgan fingerprint density at radius 3 is 2.67 bits per heavy atom. The van der Waals surface area contributed by atoms with Gasteiger partial charge in [0.05, 0.1) is 19.6 Å². The Morgan fingerprint density at radius 1 is 1.13 bits per heavy atom. The summed E-state index contributed by atoms with van der Waals surface area (Å²) in [5, 5.41) is 0. The fourth-order valence-electron chi connectivity index (χ4n) is 3.21. The van der Waals surface area contributed by atoms with Crippen molar-refractivity contribution in [2.75, 3.05) is 6.61 Å². The van der Waals surface area contributed by atoms with E-state index in [0.29, 0.717) is 6.07 Å². The Hall–Kier alpha value is -2.11. The number of benzene rings is 1. The minimum Gasteiger partial charge on any atom is -0.349 e. The van der Waals surface area contributed by atoms with E-state index < -0.39 is 79.8 Å². The van der Waals surface area contributed by atoms with Crippen LogP contribution in [0.15, 0.2) is 24.2 Å². The summed E-state index contributed by atoms with van der Waals surface area (Å²) in [5.74, 6) is -7.27. The molecule has 1 unspecified atom stereocenters. The van der Waals surface area contributed by atoms with E-state index in [2.05, 4.69) is 0 Å². The average Bonchev–Trinajstić information content (AvgIpc) is 3.11. The van der Waals surface area contributed by atoms with Crippen molar-refractivity contribution in [3.05, 3.63) is 47.2 Å². The number of hydrogen-bond donors (Lipinski definition) is 0. The monoisotopic (exact) mass is 451 g/mol. The maximum absolute atomic E-state index is 13.7. The Labute approximate surface area is 166 Å². The molecule has 13 heteroatoms. The maximum Gasteiger partial charge on any atom is 0.475 e. The lowest BCUT2D eigenvalue weighted by molar-refractivity contribution is -0.146. The molecule has 0 spiro atoms. The van der Waals surface area contributed by atoms with Crippen LogP contribution in [-0.4, -0.2) is 41.6 Å². The van der Waals surface area contributed by atoms with E-state index in [1.807, 2.05) is 0 Å². The molecule has 4 rings (SSSR count). The fourth-order valence-corrected chi connectivity index (χ4v) is 4.59. The van der Waals surface area contributed by atoms with Gasteiger partial charge in [-0.15, -0.1) is 0 Å². The van der Waals surface area contributed by atoms with Gasteiger partial charge in [0.15, 0.2) is 23.3 Å². The second kappa shape index (κ2) is 7.86. The third-order valence-corrected chi connectivity index (χ3v) is 6.20. The zero-order valence-corrected chi connectivity index (χ0v) is 16.0. The first-order valence-corrected chi connectivity index (χ1v) is 10.2. The first kappa shape index (κ1) is 21.1. The van der Waals surface area contributed by atoms with Gasteiger partial charge in [-0.1, -0.05) is 6.07 Å². The highest BCUT2D eigenvalue weighted by Crippen LogP contribution is 2.56. The van der Waals surface area contributed by atoms with Crippen molar-refractivity contribution >= 4 is 19.5 Å². The molecule has 0 bridgehead atoms. The van der Waals surface area contributed by atoms with E-state index >= 15 is 0 Å². The number of ether oxygens (including phenoxy) is 1. The first-order valence-electron chi connectivity index (χ1n) is 8.74. The molecule has 0 radical (unpaired) electrons. The van der Waals surface area contributed by atoms with Gasteiger partial charge in [0, 0.05) is 18.2 Å². The van der Waals surface area contributed by atoms with Crippen LogP contribution in [0.25, 0.3) is 0 Å². The number of allylic oxidation sites excluding steroid dienone is 1. The predicted molar refractivity (Wildman–Crippen MR) is 88.5 cm³/mol. The van der Waals surface area contributed by atoms with Gasteiger partial charge < -0.3 is 4.74 Å². The van der Waals surface area contributed by atoms with Crippen LogP contribution >= 0.6 is 7.82 Å². The highest BCUT2D eigenvalue weighted by Gasteiger charge is 2.49. The predicted octanol–water partition coefficient (Wildman–Crippen LogP) is 2.87. The third-order valence-electron chi connectivity index (χ3n) is 4.76. The van der Waals surface area contributed by atoms with Crippen LogP contribution in [0.1, 0.15) is 18.4 Å². The van der Waals surface area contributed by atoms with E-state index in [-0.39, 0.29) is 13.0 Å². The molecule has 0 aromatic heterocycles. The Kier molecular flexibility index (Phi) is 5.54. The summed E-state index contributed by atoms with van der Waals surface area (Å²) in [5.41, 5.74) is -0.400. The van der Waals surface area contributed by atoms with E-state index in [1.165, 1.54) is 0 Å². The Balaban J connectivity index is 1.41. The first-order chi connectivity index (χ1) is 14.2. The third kappa shape index (κ3) is 3.93. The smallest absolute Gasteiger partial charge is 0.349 e. The Bertz CT molecular complexity index is 987. The molecule has 3 aliphatic rings. The summed E-state index contributed by atoms with van der Waals surface area (Å²) in [6, 6.07) is 1.61. The second-order valence-electron chi connectivity index (χ2n) is 6.74. The minimum absolute atomic E-state index is 0.0232. The SMILES string of the molecule is O=C1CC(=O)N([C@H]2C[C@@H]3OP(=O)(OCc4ccc(F)c(F)c4F)OC[C@H]3O2)C=C1F. The normalized spacial score (nSPS) is 31.7. The lowest BCUT2D eigenvalue weighted by Crippen LogP contribution is -2.40. The standard InChI is InChI=1S/C17H14F4NO7P/c18-9-2-1-8(16(20)17(9)21)6-26-30(25)27-7-13-12(29-30)4-15(28-13)22-5-10(19)11(23)3-14(22)24/h1-2,5,12-13,15H,3-4,6-7H2/t12-,13+,15+,30?/m0/s1. The number of nitrogens with zero attached hydrogens (tertiary/aromatic N) is 1. The van der Waals surface area contributed by atoms with Crippen molar-refractivity contribution in [3.63, 3.8) is 0 Å². The molecule has 2 saturated heterocycles. The highest BCUT2D eigenvalue weighted by atomic mass is 31.2. The number of hydrogen-bond acceptors (Lipinski definition) is 7. The van der Waals surface area contributed by atoms with Gasteiger partial charge in [0.1, 0.15) is 18.4 Å². The van der Waals surface area contributed by atoms with E-state index in [9.17, 15) is 31.7 Å². The largest absolute Gasteiger partial charge is 0.475 e. The summed E-state index contributed by atoms with van der Waals surface area (Å²) >= 11 is 0. The zero-order chi connectivity index (χ0) is 21.6. The zero-order valence-electron chi connectivity index (χ0n) is 15.1. The molecule has 8 nitrogen and oxygen atoms in total. The van der Waals surface area contributed by atoms with E-state index in [1.54, 1.807) is 0 Å². The molecule has 0 aliphatic carbocycles. The molecule has 162 valence electrons. The molecule has 1 amide bonds. The van der Waals surface area contributed by atoms with Crippen molar-refractivity contribution in [2.24, 2.45) is 0 Å². The summed E-state index contributed by atoms with van der Waals surface area (Å²) in [6.45, 7) is -0.992. The lowest BCUT2D eigenvalue weighted by atomic mass is 10.1. The summed E-state index contributed by atoms with van der Waals surface area (Å²) in [6.07, 6.45) is -2.54.